The van der Waals surface area contributed by atoms with Gasteiger partial charge in [0.05, 0.1) is 6.04 Å². The van der Waals surface area contributed by atoms with Crippen molar-refractivity contribution in [3.05, 3.63) is 34.3 Å². The molecule has 1 aromatic rings. The minimum atomic E-state index is -0.490. The Morgan fingerprint density at radius 3 is 3.00 bits per heavy atom. The lowest BCUT2D eigenvalue weighted by molar-refractivity contribution is -0.123. The summed E-state index contributed by atoms with van der Waals surface area (Å²) in [6.07, 6.45) is 1.72. The summed E-state index contributed by atoms with van der Waals surface area (Å²) >= 11 is 6.14. The van der Waals surface area contributed by atoms with Crippen LogP contribution in [-0.4, -0.2) is 24.5 Å². The fraction of sp³-hybridized carbons (Fsp3) is 0.385. The lowest BCUT2D eigenvalue weighted by Crippen LogP contribution is -2.43. The third-order valence-electron chi connectivity index (χ3n) is 3.62. The summed E-state index contributed by atoms with van der Waals surface area (Å²) in [7, 11) is 0. The van der Waals surface area contributed by atoms with Crippen molar-refractivity contribution in [2.45, 2.75) is 24.9 Å². The molecule has 3 amide bonds. The van der Waals surface area contributed by atoms with E-state index in [4.69, 9.17) is 11.6 Å². The highest BCUT2D eigenvalue weighted by Crippen LogP contribution is 2.35. The maximum absolute atomic E-state index is 12.0. The average molecular weight is 280 g/mol. The van der Waals surface area contributed by atoms with Gasteiger partial charge in [-0.2, -0.15) is 0 Å². The first-order chi connectivity index (χ1) is 9.15. The van der Waals surface area contributed by atoms with Crippen LogP contribution < -0.4 is 16.0 Å². The second-order valence-corrected chi connectivity index (χ2v) is 5.22. The average Bonchev–Trinajstić information content (AvgIpc) is 2.98. The lowest BCUT2D eigenvalue weighted by Gasteiger charge is -2.17. The van der Waals surface area contributed by atoms with Gasteiger partial charge in [0.1, 0.15) is 6.04 Å². The third-order valence-corrected chi connectivity index (χ3v) is 3.97. The van der Waals surface area contributed by atoms with E-state index < -0.39 is 6.04 Å². The molecule has 0 bridgehead atoms. The summed E-state index contributed by atoms with van der Waals surface area (Å²) in [4.78, 5) is 23.1. The highest BCUT2D eigenvalue weighted by Gasteiger charge is 2.31. The van der Waals surface area contributed by atoms with E-state index in [1.54, 1.807) is 0 Å². The van der Waals surface area contributed by atoms with E-state index in [0.29, 0.717) is 6.54 Å². The number of amides is 3. The summed E-state index contributed by atoms with van der Waals surface area (Å²) in [5, 5.41) is 8.87. The molecule has 2 aliphatic rings. The predicted octanol–water partition coefficient (Wildman–Crippen LogP) is 1.12. The molecular formula is C13H14ClN3O2. The topological polar surface area (TPSA) is 70.2 Å². The molecule has 0 spiro atoms. The Labute approximate surface area is 115 Å². The van der Waals surface area contributed by atoms with Gasteiger partial charge in [-0.15, -0.1) is 0 Å². The van der Waals surface area contributed by atoms with Crippen LogP contribution in [0.1, 0.15) is 23.6 Å². The first-order valence-electron chi connectivity index (χ1n) is 6.27. The Balaban J connectivity index is 1.71. The molecule has 1 fully saturated rings. The van der Waals surface area contributed by atoms with Gasteiger partial charge in [-0.3, -0.25) is 4.79 Å². The molecule has 100 valence electrons. The van der Waals surface area contributed by atoms with Crippen LogP contribution in [0.3, 0.4) is 0 Å². The summed E-state index contributed by atoms with van der Waals surface area (Å²) in [6.45, 7) is 0.333. The summed E-state index contributed by atoms with van der Waals surface area (Å²) < 4.78 is 0. The van der Waals surface area contributed by atoms with Crippen molar-refractivity contribution in [1.82, 2.24) is 16.0 Å². The number of fused-ring (bicyclic) bond motifs is 1. The fourth-order valence-corrected chi connectivity index (χ4v) is 2.92. The van der Waals surface area contributed by atoms with E-state index in [0.717, 1.165) is 29.0 Å². The number of urea groups is 1. The van der Waals surface area contributed by atoms with Crippen molar-refractivity contribution in [2.24, 2.45) is 0 Å². The molecule has 3 N–H and O–H groups in total. The van der Waals surface area contributed by atoms with E-state index in [-0.39, 0.29) is 18.0 Å². The molecule has 3 rings (SSSR count). The Bertz CT molecular complexity index is 547. The Kier molecular flexibility index (Phi) is 3.06. The van der Waals surface area contributed by atoms with Gasteiger partial charge < -0.3 is 16.0 Å². The molecule has 19 heavy (non-hydrogen) atoms. The van der Waals surface area contributed by atoms with E-state index in [1.807, 2.05) is 18.2 Å². The van der Waals surface area contributed by atoms with Crippen molar-refractivity contribution in [3.8, 4) is 0 Å². The highest BCUT2D eigenvalue weighted by molar-refractivity contribution is 6.31. The van der Waals surface area contributed by atoms with Crippen LogP contribution in [0.5, 0.6) is 0 Å². The van der Waals surface area contributed by atoms with Gasteiger partial charge in [0.2, 0.25) is 5.91 Å². The summed E-state index contributed by atoms with van der Waals surface area (Å²) in [6, 6.07) is 4.95. The van der Waals surface area contributed by atoms with Crippen LogP contribution in [-0.2, 0) is 11.2 Å². The van der Waals surface area contributed by atoms with E-state index in [2.05, 4.69) is 16.0 Å². The minimum absolute atomic E-state index is 0.0151. The standard InChI is InChI=1S/C13H14ClN3O2/c14-9-3-1-2-8-7(9)4-5-10(8)16-12(18)11-6-15-13(19)17-11/h1-3,10-11H,4-6H2,(H,16,18)(H2,15,17,19)/t10-,11+/m0/s1. The number of hydrogen-bond donors (Lipinski definition) is 3. The van der Waals surface area contributed by atoms with Gasteiger partial charge in [-0.05, 0) is 30.0 Å². The molecule has 1 aliphatic carbocycles. The van der Waals surface area contributed by atoms with Gasteiger partial charge in [0.15, 0.2) is 0 Å². The zero-order valence-electron chi connectivity index (χ0n) is 10.2. The number of hydrogen-bond acceptors (Lipinski definition) is 2. The maximum Gasteiger partial charge on any atom is 0.315 e. The zero-order chi connectivity index (χ0) is 13.4. The van der Waals surface area contributed by atoms with Gasteiger partial charge in [0, 0.05) is 11.6 Å². The lowest BCUT2D eigenvalue weighted by atomic mass is 10.1. The van der Waals surface area contributed by atoms with Crippen molar-refractivity contribution in [1.29, 1.82) is 0 Å². The molecule has 1 aliphatic heterocycles. The normalized spacial score (nSPS) is 24.6. The number of benzene rings is 1. The molecule has 0 radical (unpaired) electrons. The second-order valence-electron chi connectivity index (χ2n) is 4.81. The molecule has 5 nitrogen and oxygen atoms in total. The van der Waals surface area contributed by atoms with Crippen LogP contribution in [0, 0.1) is 0 Å². The summed E-state index contributed by atoms with van der Waals surface area (Å²) in [5.41, 5.74) is 2.20. The largest absolute Gasteiger partial charge is 0.347 e. The predicted molar refractivity (Wildman–Crippen MR) is 71.0 cm³/mol. The Morgan fingerprint density at radius 1 is 1.42 bits per heavy atom. The Morgan fingerprint density at radius 2 is 2.26 bits per heavy atom. The number of carbonyl (C=O) groups is 2. The Hall–Kier alpha value is -1.75. The smallest absolute Gasteiger partial charge is 0.315 e. The highest BCUT2D eigenvalue weighted by atomic mass is 35.5. The molecule has 1 aromatic carbocycles. The van der Waals surface area contributed by atoms with Gasteiger partial charge >= 0.3 is 6.03 Å². The van der Waals surface area contributed by atoms with E-state index in [1.165, 1.54) is 0 Å². The van der Waals surface area contributed by atoms with Crippen LogP contribution in [0.25, 0.3) is 0 Å². The molecule has 0 aromatic heterocycles. The van der Waals surface area contributed by atoms with Gasteiger partial charge in [0.25, 0.3) is 0 Å². The fourth-order valence-electron chi connectivity index (χ4n) is 2.65. The molecule has 6 heteroatoms. The first kappa shape index (κ1) is 12.3. The van der Waals surface area contributed by atoms with Crippen molar-refractivity contribution < 1.29 is 9.59 Å². The van der Waals surface area contributed by atoms with Crippen molar-refractivity contribution in [2.75, 3.05) is 6.54 Å². The molecule has 2 atom stereocenters. The molecule has 0 saturated carbocycles. The maximum atomic E-state index is 12.0. The molecule has 1 heterocycles. The van der Waals surface area contributed by atoms with E-state index >= 15 is 0 Å². The van der Waals surface area contributed by atoms with Crippen molar-refractivity contribution in [3.63, 3.8) is 0 Å². The quantitative estimate of drug-likeness (QED) is 0.759. The van der Waals surface area contributed by atoms with Gasteiger partial charge in [-0.1, -0.05) is 23.7 Å². The number of rotatable bonds is 2. The van der Waals surface area contributed by atoms with Crippen LogP contribution in [0.4, 0.5) is 4.79 Å². The van der Waals surface area contributed by atoms with Gasteiger partial charge in [-0.25, -0.2) is 4.79 Å². The number of carbonyl (C=O) groups excluding carboxylic acids is 2. The molecule has 1 saturated heterocycles. The zero-order valence-corrected chi connectivity index (χ0v) is 11.0. The monoisotopic (exact) mass is 279 g/mol. The minimum Gasteiger partial charge on any atom is -0.347 e. The SMILES string of the molecule is O=C1NC[C@H](C(=O)N[C@H]2CCc3c(Cl)cccc32)N1. The summed E-state index contributed by atoms with van der Waals surface area (Å²) in [5.74, 6) is -0.156. The first-order valence-corrected chi connectivity index (χ1v) is 6.65. The van der Waals surface area contributed by atoms with Crippen LogP contribution >= 0.6 is 11.6 Å². The van der Waals surface area contributed by atoms with E-state index in [9.17, 15) is 9.59 Å². The van der Waals surface area contributed by atoms with Crippen LogP contribution in [0.15, 0.2) is 18.2 Å². The van der Waals surface area contributed by atoms with Crippen molar-refractivity contribution >= 4 is 23.5 Å². The second kappa shape index (κ2) is 4.74. The molecule has 0 unspecified atom stereocenters. The van der Waals surface area contributed by atoms with Crippen LogP contribution in [0.2, 0.25) is 5.02 Å². The number of nitrogens with one attached hydrogen (secondary N) is 3. The number of halogens is 1. The molecular weight excluding hydrogens is 266 g/mol. The third kappa shape index (κ3) is 2.26.